The lowest BCUT2D eigenvalue weighted by molar-refractivity contribution is 0.123. The second-order valence-corrected chi connectivity index (χ2v) is 5.15. The SMILES string of the molecule is CN=C(NCCOCc1ccccc1OC)NC1CC=CC1. The van der Waals surface area contributed by atoms with Gasteiger partial charge in [0.25, 0.3) is 0 Å². The molecule has 0 amide bonds. The number of rotatable bonds is 7. The molecule has 1 aromatic rings. The van der Waals surface area contributed by atoms with Gasteiger partial charge < -0.3 is 20.1 Å². The molecule has 120 valence electrons. The monoisotopic (exact) mass is 303 g/mol. The lowest BCUT2D eigenvalue weighted by Gasteiger charge is -2.17. The number of hydrogen-bond acceptors (Lipinski definition) is 3. The van der Waals surface area contributed by atoms with Crippen molar-refractivity contribution in [3.63, 3.8) is 0 Å². The van der Waals surface area contributed by atoms with E-state index in [4.69, 9.17) is 9.47 Å². The van der Waals surface area contributed by atoms with E-state index in [1.807, 2.05) is 24.3 Å². The van der Waals surface area contributed by atoms with Crippen LogP contribution in [0.15, 0.2) is 41.4 Å². The number of nitrogens with one attached hydrogen (secondary N) is 2. The van der Waals surface area contributed by atoms with Crippen molar-refractivity contribution in [2.24, 2.45) is 4.99 Å². The van der Waals surface area contributed by atoms with Gasteiger partial charge in [-0.05, 0) is 18.9 Å². The summed E-state index contributed by atoms with van der Waals surface area (Å²) in [4.78, 5) is 4.23. The minimum atomic E-state index is 0.459. The Labute approximate surface area is 132 Å². The molecule has 0 saturated carbocycles. The van der Waals surface area contributed by atoms with Gasteiger partial charge >= 0.3 is 0 Å². The fourth-order valence-corrected chi connectivity index (χ4v) is 2.37. The summed E-state index contributed by atoms with van der Waals surface area (Å²) in [5.41, 5.74) is 1.06. The fraction of sp³-hybridized carbons (Fsp3) is 0.471. The molecular formula is C17H25N3O2. The molecule has 0 aromatic heterocycles. The largest absolute Gasteiger partial charge is 0.496 e. The molecule has 0 heterocycles. The molecule has 2 rings (SSSR count). The van der Waals surface area contributed by atoms with E-state index in [0.717, 1.165) is 36.7 Å². The first-order valence-corrected chi connectivity index (χ1v) is 7.65. The summed E-state index contributed by atoms with van der Waals surface area (Å²) >= 11 is 0. The first kappa shape index (κ1) is 16.4. The number of guanidine groups is 1. The van der Waals surface area contributed by atoms with Gasteiger partial charge in [-0.15, -0.1) is 0 Å². The van der Waals surface area contributed by atoms with Gasteiger partial charge in [0.05, 0.1) is 20.3 Å². The van der Waals surface area contributed by atoms with E-state index in [1.54, 1.807) is 14.2 Å². The van der Waals surface area contributed by atoms with Crippen LogP contribution in [0.2, 0.25) is 0 Å². The van der Waals surface area contributed by atoms with Crippen LogP contribution in [0.5, 0.6) is 5.75 Å². The molecule has 0 bridgehead atoms. The third-order valence-corrected chi connectivity index (χ3v) is 3.56. The zero-order valence-corrected chi connectivity index (χ0v) is 13.3. The average molecular weight is 303 g/mol. The van der Waals surface area contributed by atoms with Gasteiger partial charge in [-0.3, -0.25) is 4.99 Å². The van der Waals surface area contributed by atoms with E-state index in [0.29, 0.717) is 19.3 Å². The maximum atomic E-state index is 5.69. The van der Waals surface area contributed by atoms with Crippen LogP contribution in [0.4, 0.5) is 0 Å². The number of benzene rings is 1. The minimum Gasteiger partial charge on any atom is -0.496 e. The van der Waals surface area contributed by atoms with Crippen molar-refractivity contribution in [3.05, 3.63) is 42.0 Å². The Kier molecular flexibility index (Phi) is 6.77. The first-order chi connectivity index (χ1) is 10.8. The van der Waals surface area contributed by atoms with Crippen molar-refractivity contribution in [1.82, 2.24) is 10.6 Å². The predicted octanol–water partition coefficient (Wildman–Crippen LogP) is 2.10. The number of nitrogens with zero attached hydrogens (tertiary/aromatic N) is 1. The number of aliphatic imine (C=N–C) groups is 1. The van der Waals surface area contributed by atoms with E-state index >= 15 is 0 Å². The highest BCUT2D eigenvalue weighted by Crippen LogP contribution is 2.17. The van der Waals surface area contributed by atoms with Gasteiger partial charge in [0, 0.05) is 25.2 Å². The normalized spacial score (nSPS) is 15.1. The summed E-state index contributed by atoms with van der Waals surface area (Å²) in [7, 11) is 3.46. The quantitative estimate of drug-likeness (QED) is 0.350. The summed E-state index contributed by atoms with van der Waals surface area (Å²) in [6.45, 7) is 1.88. The third kappa shape index (κ3) is 5.07. The maximum absolute atomic E-state index is 5.69. The van der Waals surface area contributed by atoms with Gasteiger partial charge in [0.15, 0.2) is 5.96 Å². The molecule has 2 N–H and O–H groups in total. The molecule has 0 radical (unpaired) electrons. The van der Waals surface area contributed by atoms with E-state index < -0.39 is 0 Å². The van der Waals surface area contributed by atoms with Crippen LogP contribution >= 0.6 is 0 Å². The summed E-state index contributed by atoms with van der Waals surface area (Å²) in [5, 5.41) is 6.66. The average Bonchev–Trinajstić information content (AvgIpc) is 3.06. The fourth-order valence-electron chi connectivity index (χ4n) is 2.37. The molecule has 0 saturated heterocycles. The molecule has 1 aliphatic rings. The molecule has 1 aliphatic carbocycles. The van der Waals surface area contributed by atoms with Crippen molar-refractivity contribution in [2.45, 2.75) is 25.5 Å². The highest BCUT2D eigenvalue weighted by atomic mass is 16.5. The Morgan fingerprint density at radius 1 is 1.27 bits per heavy atom. The lowest BCUT2D eigenvalue weighted by Crippen LogP contribution is -2.43. The summed E-state index contributed by atoms with van der Waals surface area (Å²) < 4.78 is 11.0. The Balaban J connectivity index is 1.63. The standard InChI is InChI=1S/C17H25N3O2/c1-18-17(20-15-8-4-5-9-15)19-11-12-22-13-14-7-3-6-10-16(14)21-2/h3-7,10,15H,8-9,11-13H2,1-2H3,(H2,18,19,20). The highest BCUT2D eigenvalue weighted by molar-refractivity contribution is 5.80. The number of ether oxygens (including phenoxy) is 2. The smallest absolute Gasteiger partial charge is 0.191 e. The zero-order chi connectivity index (χ0) is 15.6. The van der Waals surface area contributed by atoms with Crippen LogP contribution in [0.25, 0.3) is 0 Å². The van der Waals surface area contributed by atoms with Crippen molar-refractivity contribution < 1.29 is 9.47 Å². The number of para-hydroxylation sites is 1. The van der Waals surface area contributed by atoms with Crippen LogP contribution < -0.4 is 15.4 Å². The van der Waals surface area contributed by atoms with Gasteiger partial charge in [-0.25, -0.2) is 0 Å². The molecule has 0 atom stereocenters. The Morgan fingerprint density at radius 3 is 2.77 bits per heavy atom. The van der Waals surface area contributed by atoms with Crippen molar-refractivity contribution >= 4 is 5.96 Å². The molecule has 1 aromatic carbocycles. The number of methoxy groups -OCH3 is 1. The first-order valence-electron chi connectivity index (χ1n) is 7.65. The van der Waals surface area contributed by atoms with E-state index in [9.17, 15) is 0 Å². The van der Waals surface area contributed by atoms with E-state index in [-0.39, 0.29) is 0 Å². The Morgan fingerprint density at radius 2 is 2.05 bits per heavy atom. The molecule has 0 fully saturated rings. The topological polar surface area (TPSA) is 54.9 Å². The van der Waals surface area contributed by atoms with Crippen LogP contribution in [0.1, 0.15) is 18.4 Å². The second-order valence-electron chi connectivity index (χ2n) is 5.15. The van der Waals surface area contributed by atoms with Crippen LogP contribution in [0, 0.1) is 0 Å². The predicted molar refractivity (Wildman–Crippen MR) is 89.3 cm³/mol. The number of hydrogen-bond donors (Lipinski definition) is 2. The van der Waals surface area contributed by atoms with Gasteiger partial charge in [0.2, 0.25) is 0 Å². The van der Waals surface area contributed by atoms with Crippen LogP contribution in [0.3, 0.4) is 0 Å². The molecule has 5 heteroatoms. The van der Waals surface area contributed by atoms with E-state index in [2.05, 4.69) is 27.8 Å². The summed E-state index contributed by atoms with van der Waals surface area (Å²) in [5.74, 6) is 1.69. The molecule has 5 nitrogen and oxygen atoms in total. The van der Waals surface area contributed by atoms with Crippen molar-refractivity contribution in [3.8, 4) is 5.75 Å². The minimum absolute atomic E-state index is 0.459. The summed E-state index contributed by atoms with van der Waals surface area (Å²) in [6.07, 6.45) is 6.51. The maximum Gasteiger partial charge on any atom is 0.191 e. The lowest BCUT2D eigenvalue weighted by atomic mass is 10.2. The molecule has 22 heavy (non-hydrogen) atoms. The van der Waals surface area contributed by atoms with Crippen molar-refractivity contribution in [1.29, 1.82) is 0 Å². The third-order valence-electron chi connectivity index (χ3n) is 3.56. The molecule has 0 unspecified atom stereocenters. The zero-order valence-electron chi connectivity index (χ0n) is 13.3. The summed E-state index contributed by atoms with van der Waals surface area (Å²) in [6, 6.07) is 8.36. The van der Waals surface area contributed by atoms with Crippen LogP contribution in [-0.4, -0.2) is 39.3 Å². The van der Waals surface area contributed by atoms with Gasteiger partial charge in [-0.2, -0.15) is 0 Å². The van der Waals surface area contributed by atoms with Gasteiger partial charge in [0.1, 0.15) is 5.75 Å². The highest BCUT2D eigenvalue weighted by Gasteiger charge is 2.11. The Bertz CT molecular complexity index is 506. The Hall–Kier alpha value is -2.01. The van der Waals surface area contributed by atoms with Crippen LogP contribution in [-0.2, 0) is 11.3 Å². The molecule has 0 aliphatic heterocycles. The molecular weight excluding hydrogens is 278 g/mol. The molecule has 0 spiro atoms. The van der Waals surface area contributed by atoms with Gasteiger partial charge in [-0.1, -0.05) is 30.4 Å². The second kappa shape index (κ2) is 9.10. The van der Waals surface area contributed by atoms with Crippen molar-refractivity contribution in [2.75, 3.05) is 27.3 Å². The van der Waals surface area contributed by atoms with E-state index in [1.165, 1.54) is 0 Å².